The van der Waals surface area contributed by atoms with Crippen molar-refractivity contribution in [2.45, 2.75) is 132 Å². The number of hydrogen-bond acceptors (Lipinski definition) is 6. The van der Waals surface area contributed by atoms with Gasteiger partial charge in [0, 0.05) is 17.5 Å². The molecule has 0 N–H and O–H groups in total. The largest absolute Gasteiger partial charge is 2.00 e. The van der Waals surface area contributed by atoms with Crippen LogP contribution in [0.15, 0.2) is 29.6 Å². The Bertz CT molecular complexity index is 2510. The molecule has 5 atom stereocenters. The molecular weight excluding hydrogens is 837 g/mol. The zero-order chi connectivity index (χ0) is 47.1. The number of fused-ring (bicyclic) bond motifs is 7. The van der Waals surface area contributed by atoms with Crippen molar-refractivity contribution in [3.63, 3.8) is 0 Å². The predicted octanol–water partition coefficient (Wildman–Crippen LogP) is 9.68. The summed E-state index contributed by atoms with van der Waals surface area (Å²) in [5.74, 6) is -1.31. The molecule has 0 aromatic carbocycles. The van der Waals surface area contributed by atoms with E-state index in [0.717, 1.165) is 41.7 Å². The third-order valence-corrected chi connectivity index (χ3v) is 13.9. The molecule has 1 fully saturated rings. The van der Waals surface area contributed by atoms with Gasteiger partial charge in [0.1, 0.15) is 18.8 Å². The Morgan fingerprint density at radius 1 is 0.894 bits per heavy atom. The molecule has 3 aromatic rings. The van der Waals surface area contributed by atoms with Gasteiger partial charge in [0.15, 0.2) is 5.78 Å². The molecule has 1 aliphatic carbocycles. The first-order valence-electron chi connectivity index (χ1n) is 23.9. The summed E-state index contributed by atoms with van der Waals surface area (Å²) < 4.78 is 11.0. The monoisotopic (exact) mass is 906 g/mol. The van der Waals surface area contributed by atoms with Crippen molar-refractivity contribution in [1.29, 1.82) is 0 Å². The number of nitrogens with zero attached hydrogens (tertiary/aromatic N) is 4. The first-order chi connectivity index (χ1) is 31.1. The summed E-state index contributed by atoms with van der Waals surface area (Å²) in [5.41, 5.74) is 8.82. The zero-order valence-corrected chi connectivity index (χ0v) is 42.4. The summed E-state index contributed by atoms with van der Waals surface area (Å²) in [4.78, 5) is 68.8. The molecule has 350 valence electrons. The number of carbonyl (C=O) groups excluding carboxylic acids is 4. The Balaban J connectivity index is 0.00000817. The van der Waals surface area contributed by atoms with Crippen LogP contribution in [0.25, 0.3) is 35.2 Å². The van der Waals surface area contributed by atoms with Gasteiger partial charge in [-0.3, -0.25) is 19.2 Å². The fourth-order valence-corrected chi connectivity index (χ4v) is 9.91. The minimum atomic E-state index is -1.27. The van der Waals surface area contributed by atoms with Crippen LogP contribution in [0.3, 0.4) is 0 Å². The molecule has 1 saturated heterocycles. The number of esters is 2. The average Bonchev–Trinajstić information content (AvgIpc) is 4.02. The van der Waals surface area contributed by atoms with Crippen LogP contribution in [0.2, 0.25) is 0 Å². The van der Waals surface area contributed by atoms with Crippen LogP contribution >= 0.6 is 0 Å². The second-order valence-corrected chi connectivity index (χ2v) is 19.1. The third-order valence-electron chi connectivity index (χ3n) is 13.9. The molecule has 0 unspecified atom stereocenters. The van der Waals surface area contributed by atoms with E-state index in [1.165, 1.54) is 57.6 Å². The molecule has 11 heteroatoms. The van der Waals surface area contributed by atoms with Crippen LogP contribution in [0.1, 0.15) is 178 Å². The van der Waals surface area contributed by atoms with Crippen LogP contribution in [0.5, 0.6) is 0 Å². The number of aldehydes is 1. The van der Waals surface area contributed by atoms with E-state index in [1.807, 2.05) is 45.9 Å². The van der Waals surface area contributed by atoms with Gasteiger partial charge in [-0.2, -0.15) is 17.3 Å². The molecule has 0 spiro atoms. The number of aromatic nitrogens is 3. The van der Waals surface area contributed by atoms with Gasteiger partial charge in [-0.1, -0.05) is 138 Å². The fraction of sp³-hybridized carbons (Fsp3) is 0.509. The summed E-state index contributed by atoms with van der Waals surface area (Å²) in [6.07, 6.45) is 21.8. The molecule has 2 aliphatic heterocycles. The fourth-order valence-electron chi connectivity index (χ4n) is 9.91. The first-order valence-corrected chi connectivity index (χ1v) is 23.9. The van der Waals surface area contributed by atoms with E-state index in [-0.39, 0.29) is 53.9 Å². The quantitative estimate of drug-likeness (QED) is 0.0255. The molecule has 0 saturated carbocycles. The summed E-state index contributed by atoms with van der Waals surface area (Å²) in [6, 6.07) is 0. The van der Waals surface area contributed by atoms with Crippen LogP contribution in [0, 0.1) is 56.3 Å². The molecule has 6 rings (SSSR count). The molecule has 3 aliphatic rings. The van der Waals surface area contributed by atoms with Gasteiger partial charge in [0.2, 0.25) is 0 Å². The van der Waals surface area contributed by atoms with Gasteiger partial charge >= 0.3 is 35.0 Å². The molecule has 10 nitrogen and oxygen atoms in total. The minimum Gasteiger partial charge on any atom is -0.664 e. The van der Waals surface area contributed by atoms with E-state index in [2.05, 4.69) is 41.2 Å². The number of methoxy groups -OCH3 is 1. The average molecular weight is 906 g/mol. The zero-order valence-electron chi connectivity index (χ0n) is 41.0. The van der Waals surface area contributed by atoms with Crippen molar-refractivity contribution in [3.8, 4) is 0 Å². The van der Waals surface area contributed by atoms with E-state index >= 15 is 0 Å². The van der Waals surface area contributed by atoms with Crippen LogP contribution < -0.4 is 25.7 Å². The van der Waals surface area contributed by atoms with E-state index < -0.39 is 17.7 Å². The van der Waals surface area contributed by atoms with Gasteiger partial charge in [-0.25, -0.2) is 0 Å². The summed E-state index contributed by atoms with van der Waals surface area (Å²) in [7, 11) is 1.27. The maximum atomic E-state index is 14.4. The number of hydrogen-bond donors (Lipinski definition) is 0. The number of Topliss-reactive ketones (excluding diaryl/α,β-unsaturated/α-hetero) is 1. The van der Waals surface area contributed by atoms with E-state index in [1.54, 1.807) is 12.2 Å². The topological polar surface area (TPSA) is 143 Å². The second-order valence-electron chi connectivity index (χ2n) is 19.1. The SMILES string of the molecule is C=Cc1c2[n-]c(c1C)/C=C1/[N-]/C(=C3\c4[n-]c(c(C)c4C(=O)[C@@H]3C(=O)OC)/C=c3\[n-]/c(c(C=O)c3CC)=C\2)[C@@H](CCC(=O)OC/C=C(\C)CCC[C@H](C)CCC[C@H]([CH2-])CCCC(C)C)[C@@H]1C.[Mg+2]. The van der Waals surface area contributed by atoms with Gasteiger partial charge in [-0.05, 0) is 81.8 Å². The Morgan fingerprint density at radius 3 is 2.24 bits per heavy atom. The first kappa shape index (κ1) is 52.4. The van der Waals surface area contributed by atoms with E-state index in [9.17, 15) is 19.2 Å². The number of ether oxygens (including phenoxy) is 2. The molecular formula is C55H69MgN4O6-3. The number of carbonyl (C=O) groups is 4. The van der Waals surface area contributed by atoms with Gasteiger partial charge in [0.25, 0.3) is 0 Å². The maximum absolute atomic E-state index is 14.4. The Kier molecular flexibility index (Phi) is 18.6. The maximum Gasteiger partial charge on any atom is 2.00 e. The summed E-state index contributed by atoms with van der Waals surface area (Å²) >= 11 is 0. The minimum absolute atomic E-state index is 0. The smallest absolute Gasteiger partial charge is 0.664 e. The molecule has 3 aromatic heterocycles. The van der Waals surface area contributed by atoms with Crippen LogP contribution in [-0.2, 0) is 25.5 Å². The van der Waals surface area contributed by atoms with Crippen molar-refractivity contribution in [1.82, 2.24) is 15.0 Å². The molecule has 8 bridgehead atoms. The van der Waals surface area contributed by atoms with E-state index in [4.69, 9.17) is 29.7 Å². The molecule has 66 heavy (non-hydrogen) atoms. The Morgan fingerprint density at radius 2 is 1.58 bits per heavy atom. The van der Waals surface area contributed by atoms with E-state index in [0.29, 0.717) is 91.8 Å². The molecule has 0 amide bonds. The number of ketones is 1. The molecule has 0 radical (unpaired) electrons. The molecule has 5 heterocycles. The normalized spacial score (nSPS) is 21.4. The number of allylic oxidation sites excluding steroid dienone is 3. The van der Waals surface area contributed by atoms with Gasteiger partial charge < -0.3 is 36.7 Å². The standard InChI is InChI=1S/C55H70N4O6.Mg/c1-12-38-35(8)42-27-43-36(9)40(23-24-48(61)65-26-25-34(7)22-16-21-33(6)20-15-19-32(5)18-14-17-31(3)4)52(58-43)50-51(55(63)64-11)54(62)49-37(10)44(59-53(49)50)28-46-39(13-2)41(30-60)47(57-46)29-45(38)56-42;/h12,25,27-33,36,40,51H,1,5,13-24,26H2,2-4,6-11H3,(H-,58,59,60,62);/q-4;+2/p-1/b34-25+,43-27+,47-29-;/t32-,33-,36+,40+,51-;/m1./s1. The predicted molar refractivity (Wildman–Crippen MR) is 265 cm³/mol. The van der Waals surface area contributed by atoms with Crippen LogP contribution in [0.4, 0.5) is 0 Å². The van der Waals surface area contributed by atoms with Crippen molar-refractivity contribution >= 4 is 76.9 Å². The van der Waals surface area contributed by atoms with Crippen molar-refractivity contribution < 1.29 is 28.7 Å². The van der Waals surface area contributed by atoms with Crippen molar-refractivity contribution in [3.05, 3.63) is 109 Å². The summed E-state index contributed by atoms with van der Waals surface area (Å²) in [6.45, 7) is 25.4. The summed E-state index contributed by atoms with van der Waals surface area (Å²) in [5, 5.41) is 6.25. The Hall–Kier alpha value is -4.61. The van der Waals surface area contributed by atoms with Gasteiger partial charge in [0.05, 0.1) is 7.11 Å². The third kappa shape index (κ3) is 11.6. The van der Waals surface area contributed by atoms with Crippen molar-refractivity contribution in [2.24, 2.45) is 35.5 Å². The van der Waals surface area contributed by atoms with Crippen molar-refractivity contribution in [2.75, 3.05) is 13.7 Å². The Labute approximate surface area is 408 Å². The van der Waals surface area contributed by atoms with Crippen LogP contribution in [-0.4, -0.2) is 60.8 Å². The number of rotatable bonds is 21. The van der Waals surface area contributed by atoms with Gasteiger partial charge in [-0.15, -0.1) is 33.5 Å². The second kappa shape index (κ2) is 23.4.